The molecule has 1 N–H and O–H groups in total. The standard InChI is InChI=1S/C9H7F6NO3/c1-18-5-2-6(8(10,11)12)16-4(3-17)7(5)19-9(13,14)15/h2,17H,3H2,1H3. The number of aliphatic hydroxyl groups excluding tert-OH is 1. The van der Waals surface area contributed by atoms with Gasteiger partial charge in [-0.05, 0) is 0 Å². The number of ether oxygens (including phenoxy) is 2. The van der Waals surface area contributed by atoms with Crippen molar-refractivity contribution in [3.05, 3.63) is 17.5 Å². The molecule has 0 fully saturated rings. The minimum absolute atomic E-state index is 0.250. The fourth-order valence-corrected chi connectivity index (χ4v) is 1.19. The summed E-state index contributed by atoms with van der Waals surface area (Å²) < 4.78 is 81.5. The lowest BCUT2D eigenvalue weighted by Gasteiger charge is -2.17. The van der Waals surface area contributed by atoms with E-state index in [0.717, 1.165) is 7.11 Å². The van der Waals surface area contributed by atoms with Gasteiger partial charge in [0, 0.05) is 6.07 Å². The van der Waals surface area contributed by atoms with E-state index in [0.29, 0.717) is 0 Å². The minimum Gasteiger partial charge on any atom is -0.493 e. The van der Waals surface area contributed by atoms with E-state index < -0.39 is 42.0 Å². The molecule has 0 amide bonds. The second-order valence-corrected chi connectivity index (χ2v) is 3.19. The molecule has 0 bridgehead atoms. The molecule has 0 saturated heterocycles. The van der Waals surface area contributed by atoms with Gasteiger partial charge in [0.2, 0.25) is 0 Å². The fraction of sp³-hybridized carbons (Fsp3) is 0.444. The van der Waals surface area contributed by atoms with E-state index in [1.165, 1.54) is 0 Å². The molecule has 4 nitrogen and oxygen atoms in total. The normalized spacial score (nSPS) is 12.4. The minimum atomic E-state index is -5.15. The van der Waals surface area contributed by atoms with Crippen LogP contribution in [0.5, 0.6) is 11.5 Å². The van der Waals surface area contributed by atoms with Crippen molar-refractivity contribution in [2.24, 2.45) is 0 Å². The van der Waals surface area contributed by atoms with Crippen molar-refractivity contribution in [3.8, 4) is 11.5 Å². The molecule has 0 unspecified atom stereocenters. The summed E-state index contributed by atoms with van der Waals surface area (Å²) in [6, 6.07) is 0.250. The van der Waals surface area contributed by atoms with E-state index in [9.17, 15) is 26.3 Å². The second-order valence-electron chi connectivity index (χ2n) is 3.19. The summed E-state index contributed by atoms with van der Waals surface area (Å²) in [5.74, 6) is -1.94. The highest BCUT2D eigenvalue weighted by atomic mass is 19.4. The Morgan fingerprint density at radius 1 is 1.21 bits per heavy atom. The maximum absolute atomic E-state index is 12.4. The number of rotatable bonds is 3. The Labute approximate surface area is 102 Å². The third-order valence-electron chi connectivity index (χ3n) is 1.89. The van der Waals surface area contributed by atoms with Crippen LogP contribution in [0.2, 0.25) is 0 Å². The van der Waals surface area contributed by atoms with Gasteiger partial charge in [0.05, 0.1) is 13.7 Å². The first kappa shape index (κ1) is 15.3. The molecule has 1 aromatic rings. The molecule has 0 aromatic carbocycles. The van der Waals surface area contributed by atoms with E-state index in [2.05, 4.69) is 14.5 Å². The largest absolute Gasteiger partial charge is 0.573 e. The predicted molar refractivity (Wildman–Crippen MR) is 48.4 cm³/mol. The Morgan fingerprint density at radius 3 is 2.16 bits per heavy atom. The summed E-state index contributed by atoms with van der Waals surface area (Å²) in [5.41, 5.74) is -2.42. The lowest BCUT2D eigenvalue weighted by Crippen LogP contribution is -2.20. The summed E-state index contributed by atoms with van der Waals surface area (Å²) >= 11 is 0. The first-order chi connectivity index (χ1) is 8.58. The molecular formula is C9H7F6NO3. The van der Waals surface area contributed by atoms with Gasteiger partial charge in [-0.3, -0.25) is 0 Å². The number of methoxy groups -OCH3 is 1. The first-order valence-corrected chi connectivity index (χ1v) is 4.60. The Hall–Kier alpha value is -1.71. The number of halogens is 6. The third-order valence-corrected chi connectivity index (χ3v) is 1.89. The van der Waals surface area contributed by atoms with Gasteiger partial charge in [-0.25, -0.2) is 4.98 Å². The molecule has 108 valence electrons. The highest BCUT2D eigenvalue weighted by Gasteiger charge is 2.38. The van der Waals surface area contributed by atoms with E-state index in [-0.39, 0.29) is 6.07 Å². The van der Waals surface area contributed by atoms with Crippen molar-refractivity contribution in [1.82, 2.24) is 4.98 Å². The lowest BCUT2D eigenvalue weighted by atomic mass is 10.2. The Bertz CT molecular complexity index is 431. The number of hydrogen-bond donors (Lipinski definition) is 1. The van der Waals surface area contributed by atoms with Gasteiger partial charge in [0.1, 0.15) is 11.4 Å². The zero-order valence-electron chi connectivity index (χ0n) is 9.26. The average molecular weight is 291 g/mol. The van der Waals surface area contributed by atoms with Crippen LogP contribution in [-0.2, 0) is 12.8 Å². The number of aliphatic hydroxyl groups is 1. The van der Waals surface area contributed by atoms with E-state index in [1.54, 1.807) is 0 Å². The number of hydrogen-bond acceptors (Lipinski definition) is 4. The molecular weight excluding hydrogens is 284 g/mol. The molecule has 10 heteroatoms. The highest BCUT2D eigenvalue weighted by molar-refractivity contribution is 5.45. The van der Waals surface area contributed by atoms with Crippen LogP contribution >= 0.6 is 0 Å². The maximum Gasteiger partial charge on any atom is 0.573 e. The van der Waals surface area contributed by atoms with Crippen LogP contribution in [0.15, 0.2) is 6.07 Å². The summed E-state index contributed by atoms with van der Waals surface area (Å²) in [6.45, 7) is -1.17. The molecule has 0 radical (unpaired) electrons. The quantitative estimate of drug-likeness (QED) is 0.869. The smallest absolute Gasteiger partial charge is 0.493 e. The SMILES string of the molecule is COc1cc(C(F)(F)F)nc(CO)c1OC(F)(F)F. The summed E-state index contributed by atoms with van der Waals surface area (Å²) in [7, 11) is 0.861. The van der Waals surface area contributed by atoms with Crippen LogP contribution in [0.4, 0.5) is 26.3 Å². The molecule has 1 rings (SSSR count). The number of aromatic nitrogens is 1. The van der Waals surface area contributed by atoms with Crippen molar-refractivity contribution in [2.45, 2.75) is 19.1 Å². The molecule has 0 atom stereocenters. The molecule has 0 aliphatic carbocycles. The average Bonchev–Trinajstić information content (AvgIpc) is 2.25. The highest BCUT2D eigenvalue weighted by Crippen LogP contribution is 2.39. The van der Waals surface area contributed by atoms with Gasteiger partial charge in [-0.15, -0.1) is 13.2 Å². The van der Waals surface area contributed by atoms with Crippen LogP contribution in [-0.4, -0.2) is 23.6 Å². The van der Waals surface area contributed by atoms with Crippen LogP contribution in [0, 0.1) is 0 Å². The summed E-state index contributed by atoms with van der Waals surface area (Å²) in [6.07, 6.45) is -10.0. The van der Waals surface area contributed by atoms with Gasteiger partial charge in [-0.2, -0.15) is 13.2 Å². The van der Waals surface area contributed by atoms with Crippen LogP contribution < -0.4 is 9.47 Å². The fourth-order valence-electron chi connectivity index (χ4n) is 1.19. The van der Waals surface area contributed by atoms with E-state index in [4.69, 9.17) is 5.11 Å². The number of alkyl halides is 6. The Kier molecular flexibility index (Phi) is 4.13. The molecule has 0 saturated carbocycles. The summed E-state index contributed by atoms with van der Waals surface area (Å²) in [5, 5.41) is 8.79. The van der Waals surface area contributed by atoms with Crippen molar-refractivity contribution < 1.29 is 40.9 Å². The molecule has 19 heavy (non-hydrogen) atoms. The van der Waals surface area contributed by atoms with E-state index >= 15 is 0 Å². The van der Waals surface area contributed by atoms with Gasteiger partial charge in [-0.1, -0.05) is 0 Å². The topological polar surface area (TPSA) is 51.6 Å². The number of pyridine rings is 1. The van der Waals surface area contributed by atoms with Crippen LogP contribution in [0.25, 0.3) is 0 Å². The summed E-state index contributed by atoms with van der Waals surface area (Å²) in [4.78, 5) is 2.88. The molecule has 0 aliphatic rings. The van der Waals surface area contributed by atoms with Crippen molar-refractivity contribution in [3.63, 3.8) is 0 Å². The van der Waals surface area contributed by atoms with Crippen molar-refractivity contribution >= 4 is 0 Å². The zero-order chi connectivity index (χ0) is 14.8. The molecule has 0 spiro atoms. The maximum atomic E-state index is 12.4. The zero-order valence-corrected chi connectivity index (χ0v) is 9.26. The van der Waals surface area contributed by atoms with Crippen molar-refractivity contribution in [1.29, 1.82) is 0 Å². The number of nitrogens with zero attached hydrogens (tertiary/aromatic N) is 1. The van der Waals surface area contributed by atoms with E-state index in [1.807, 2.05) is 0 Å². The molecule has 1 aromatic heterocycles. The lowest BCUT2D eigenvalue weighted by molar-refractivity contribution is -0.275. The van der Waals surface area contributed by atoms with Gasteiger partial charge < -0.3 is 14.6 Å². The Balaban J connectivity index is 3.38. The van der Waals surface area contributed by atoms with Crippen LogP contribution in [0.3, 0.4) is 0 Å². The Morgan fingerprint density at radius 2 is 1.79 bits per heavy atom. The first-order valence-electron chi connectivity index (χ1n) is 4.60. The van der Waals surface area contributed by atoms with Gasteiger partial charge >= 0.3 is 12.5 Å². The molecule has 0 aliphatic heterocycles. The van der Waals surface area contributed by atoms with Crippen molar-refractivity contribution in [2.75, 3.05) is 7.11 Å². The van der Waals surface area contributed by atoms with Crippen LogP contribution in [0.1, 0.15) is 11.4 Å². The monoisotopic (exact) mass is 291 g/mol. The van der Waals surface area contributed by atoms with Gasteiger partial charge in [0.15, 0.2) is 11.5 Å². The predicted octanol–water partition coefficient (Wildman–Crippen LogP) is 2.50. The molecule has 1 heterocycles. The van der Waals surface area contributed by atoms with Gasteiger partial charge in [0.25, 0.3) is 0 Å². The second kappa shape index (κ2) is 5.11. The third kappa shape index (κ3) is 3.88.